The number of halogens is 2. The summed E-state index contributed by atoms with van der Waals surface area (Å²) in [5, 5.41) is 0. The van der Waals surface area contributed by atoms with Crippen molar-refractivity contribution in [1.82, 2.24) is 0 Å². The minimum Gasteiger partial charge on any atom is -0.0530 e. The average molecular weight is 845 g/mol. The predicted octanol–water partition coefficient (Wildman–Crippen LogP) is 16.2. The molecule has 0 amide bonds. The Morgan fingerprint density at radius 1 is 0.408 bits per heavy atom. The Morgan fingerprint density at radius 3 is 0.878 bits per heavy atom. The molecule has 5 heteroatoms. The summed E-state index contributed by atoms with van der Waals surface area (Å²) in [5.41, 5.74) is 7.36. The van der Waals surface area contributed by atoms with Crippen LogP contribution in [0.25, 0.3) is 0 Å². The first kappa shape index (κ1) is 43.4. The number of unbranched alkanes of at least 4 members (excludes halogenated alkanes) is 3. The standard InChI is InChI=1S/2C18H33P.C8H14.2ClH.Ru/c2*1-4-10-16(11-5-1)19(17-12-6-2-7-13-17)18-14-8-3-9-15-18;1-3-5-7-8-6-4-2;;;/h2*16-18H,1-15H2;1,4,6H,3,5,7-8H2,2H3;2*1H;/q;;;;;+2/b;;6-4+;;;. The van der Waals surface area contributed by atoms with Crippen molar-refractivity contribution in [3.05, 3.63) is 12.2 Å². The Kier molecular flexibility index (Phi) is 24.2. The summed E-state index contributed by atoms with van der Waals surface area (Å²) in [6, 6.07) is 0. The van der Waals surface area contributed by atoms with Gasteiger partial charge in [0.15, 0.2) is 0 Å². The minimum absolute atomic E-state index is 0.0465. The largest absolute Gasteiger partial charge is 0.0680 e. The monoisotopic (exact) mass is 844 g/mol. The van der Waals surface area contributed by atoms with Crippen molar-refractivity contribution in [1.29, 1.82) is 0 Å². The van der Waals surface area contributed by atoms with Crippen LogP contribution in [0.2, 0.25) is 0 Å². The third-order valence-corrected chi connectivity index (χ3v) is 25.2. The van der Waals surface area contributed by atoms with Crippen molar-refractivity contribution in [2.75, 3.05) is 0 Å². The Hall–Kier alpha value is 1.67. The van der Waals surface area contributed by atoms with E-state index in [1.807, 2.05) is 6.92 Å². The number of hydrogen-bond donors (Lipinski definition) is 0. The smallest absolute Gasteiger partial charge is 0.0530 e. The van der Waals surface area contributed by atoms with Gasteiger partial charge in [0, 0.05) is 15.8 Å². The molecule has 0 unspecified atom stereocenters. The normalized spacial score (nSPS) is 25.1. The first-order valence-electron chi connectivity index (χ1n) is 22.3. The third-order valence-electron chi connectivity index (χ3n) is 13.7. The van der Waals surface area contributed by atoms with Crippen LogP contribution in [0.4, 0.5) is 0 Å². The van der Waals surface area contributed by atoms with E-state index >= 15 is 0 Å². The van der Waals surface area contributed by atoms with Crippen molar-refractivity contribution >= 4 is 39.8 Å². The van der Waals surface area contributed by atoms with Crippen LogP contribution in [-0.2, 0) is 13.5 Å². The van der Waals surface area contributed by atoms with Gasteiger partial charge in [-0.1, -0.05) is 38.5 Å². The van der Waals surface area contributed by atoms with E-state index in [0.29, 0.717) is 0 Å². The molecule has 0 aliphatic heterocycles. The molecule has 6 aliphatic carbocycles. The van der Waals surface area contributed by atoms with Crippen molar-refractivity contribution < 1.29 is 13.5 Å². The molecule has 0 spiro atoms. The maximum Gasteiger partial charge on any atom is 0.0680 e. The molecule has 0 aromatic carbocycles. The predicted molar refractivity (Wildman–Crippen MR) is 229 cm³/mol. The molecular weight excluding hydrogens is 762 g/mol. The van der Waals surface area contributed by atoms with E-state index in [1.165, 1.54) is 53.2 Å². The van der Waals surface area contributed by atoms with Crippen LogP contribution in [0, 0.1) is 0 Å². The third kappa shape index (κ3) is 16.9. The first-order valence-corrected chi connectivity index (χ1v) is 31.3. The summed E-state index contributed by atoms with van der Waals surface area (Å²) < 4.78 is 2.07. The molecule has 6 aliphatic rings. The molecule has 0 bridgehead atoms. The van der Waals surface area contributed by atoms with Gasteiger partial charge in [-0.15, -0.1) is 0 Å². The fourth-order valence-electron chi connectivity index (χ4n) is 11.3. The van der Waals surface area contributed by atoms with E-state index < -0.39 is 13.5 Å². The van der Waals surface area contributed by atoms with Crippen LogP contribution in [-0.4, -0.2) is 38.6 Å². The molecule has 0 atom stereocenters. The van der Waals surface area contributed by atoms with E-state index in [-0.39, 0.29) is 15.8 Å². The van der Waals surface area contributed by atoms with Crippen LogP contribution in [0.15, 0.2) is 12.2 Å². The minimum atomic E-state index is -1.46. The van der Waals surface area contributed by atoms with Gasteiger partial charge < -0.3 is 0 Å². The summed E-state index contributed by atoms with van der Waals surface area (Å²) >= 11 is -1.46. The molecule has 6 saturated carbocycles. The Balaban J connectivity index is 0.000000173. The van der Waals surface area contributed by atoms with E-state index in [2.05, 4.69) is 16.8 Å². The van der Waals surface area contributed by atoms with Gasteiger partial charge in [0.25, 0.3) is 0 Å². The van der Waals surface area contributed by atoms with Crippen molar-refractivity contribution in [2.24, 2.45) is 0 Å². The van der Waals surface area contributed by atoms with Crippen LogP contribution >= 0.6 is 35.2 Å². The summed E-state index contributed by atoms with van der Waals surface area (Å²) in [5.74, 6) is 0. The van der Waals surface area contributed by atoms with Gasteiger partial charge in [0.2, 0.25) is 0 Å². The molecule has 0 N–H and O–H groups in total. The Labute approximate surface area is 322 Å². The first-order chi connectivity index (χ1) is 24.2. The van der Waals surface area contributed by atoms with Gasteiger partial charge >= 0.3 is 82.3 Å². The van der Waals surface area contributed by atoms with Gasteiger partial charge in [-0.25, -0.2) is 0 Å². The molecule has 49 heavy (non-hydrogen) atoms. The van der Waals surface area contributed by atoms with E-state index in [0.717, 1.165) is 6.42 Å². The second-order valence-electron chi connectivity index (χ2n) is 17.2. The van der Waals surface area contributed by atoms with E-state index in [9.17, 15) is 0 Å². The fourth-order valence-corrected chi connectivity index (χ4v) is 23.4. The number of rotatable bonds is 11. The second-order valence-corrected chi connectivity index (χ2v) is 30.0. The Morgan fingerprint density at radius 2 is 0.653 bits per heavy atom. The molecule has 0 aromatic heterocycles. The average Bonchev–Trinajstić information content (AvgIpc) is 3.16. The molecule has 0 nitrogen and oxygen atoms in total. The fraction of sp³-hybridized carbons (Fsp3) is 0.932. The maximum absolute atomic E-state index is 5.66. The molecule has 6 fully saturated rings. The summed E-state index contributed by atoms with van der Waals surface area (Å²) in [6.07, 6.45) is 56.6. The van der Waals surface area contributed by atoms with Crippen molar-refractivity contribution in [2.45, 2.75) is 259 Å². The quantitative estimate of drug-likeness (QED) is 0.0841. The number of hydrogen-bond acceptors (Lipinski definition) is 0. The topological polar surface area (TPSA) is 0 Å². The summed E-state index contributed by atoms with van der Waals surface area (Å²) in [4.78, 5) is 0. The van der Waals surface area contributed by atoms with Gasteiger partial charge in [-0.05, 0) is 154 Å². The number of allylic oxidation sites excluding steroid dienone is 2. The molecule has 0 aromatic rings. The summed E-state index contributed by atoms with van der Waals surface area (Å²) in [7, 11) is 11.2. The molecule has 288 valence electrons. The second kappa shape index (κ2) is 27.3. The molecule has 0 saturated heterocycles. The molecule has 0 heterocycles. The zero-order chi connectivity index (χ0) is 34.4. The summed E-state index contributed by atoms with van der Waals surface area (Å²) in [6.45, 7) is 2.05. The molecule has 0 radical (unpaired) electrons. The molecule has 6 rings (SSSR count). The zero-order valence-corrected chi connectivity index (χ0v) is 37.6. The van der Waals surface area contributed by atoms with Crippen LogP contribution in [0.5, 0.6) is 0 Å². The van der Waals surface area contributed by atoms with Gasteiger partial charge in [0.1, 0.15) is 0 Å². The Bertz CT molecular complexity index is 715. The van der Waals surface area contributed by atoms with Gasteiger partial charge in [0.05, 0.1) is 34.0 Å². The van der Waals surface area contributed by atoms with E-state index in [1.54, 1.807) is 193 Å². The van der Waals surface area contributed by atoms with Gasteiger partial charge in [-0.3, -0.25) is 0 Å². The molecular formula is C44H82Cl2P2Ru+2. The SMILES string of the molecule is C/C=C/CCCC[CH]=[Ru]([Cl])[Cl].C1CCC([PH+](C2CCCCC2)C2CCCCC2)CC1.C1CCC([PH+](C2CCCCC2)C2CCCCC2)CC1. The van der Waals surface area contributed by atoms with Crippen LogP contribution < -0.4 is 0 Å². The van der Waals surface area contributed by atoms with Gasteiger partial charge in [-0.2, -0.15) is 0 Å². The van der Waals surface area contributed by atoms with E-state index in [4.69, 9.17) is 19.4 Å². The maximum atomic E-state index is 5.66. The van der Waals surface area contributed by atoms with Crippen LogP contribution in [0.1, 0.15) is 225 Å². The zero-order valence-electron chi connectivity index (χ0n) is 32.3. The van der Waals surface area contributed by atoms with Crippen molar-refractivity contribution in [3.8, 4) is 0 Å². The van der Waals surface area contributed by atoms with Crippen molar-refractivity contribution in [3.63, 3.8) is 0 Å². The van der Waals surface area contributed by atoms with Crippen LogP contribution in [0.3, 0.4) is 0 Å².